The molecule has 2 fully saturated rings. The molecule has 0 amide bonds. The van der Waals surface area contributed by atoms with Crippen molar-refractivity contribution in [3.8, 4) is 0 Å². The molecule has 7 nitrogen and oxygen atoms in total. The summed E-state index contributed by atoms with van der Waals surface area (Å²) >= 11 is 0. The minimum Gasteiger partial charge on any atom is -0.386 e. The molecular weight excluding hydrogens is 406 g/mol. The topological polar surface area (TPSA) is 92.2 Å². The number of aromatic nitrogens is 3. The van der Waals surface area contributed by atoms with Crippen LogP contribution in [0.1, 0.15) is 44.9 Å². The van der Waals surface area contributed by atoms with Gasteiger partial charge in [-0.05, 0) is 39.0 Å². The number of nitrogens with zero attached hydrogens (tertiary/aromatic N) is 3. The second kappa shape index (κ2) is 7.77. The van der Waals surface area contributed by atoms with Gasteiger partial charge in [0.15, 0.2) is 5.82 Å². The molecule has 1 aromatic rings. The van der Waals surface area contributed by atoms with E-state index in [4.69, 9.17) is 4.74 Å². The summed E-state index contributed by atoms with van der Waals surface area (Å²) in [5, 5.41) is 15.1. The molecule has 164 valence electrons. The molecule has 30 heavy (non-hydrogen) atoms. The third-order valence-corrected chi connectivity index (χ3v) is 5.74. The van der Waals surface area contributed by atoms with Crippen LogP contribution in [-0.4, -0.2) is 51.6 Å². The second-order valence-corrected chi connectivity index (χ2v) is 8.11. The standard InChI is InChI=1S/C19H23F4N5O2/c1-2-13(19(21,22)23)25-17-27-15(11-4-3-5-12(29)14(11)20)26-16(28-17)24-10-6-18(7-10)8-30-9-18/h2,10,12,29H,3-9H2,1H3,(H2,24,25,26,27,28). The molecule has 1 aromatic heterocycles. The van der Waals surface area contributed by atoms with Crippen molar-refractivity contribution in [3.05, 3.63) is 23.4 Å². The van der Waals surface area contributed by atoms with Crippen LogP contribution < -0.4 is 10.6 Å². The van der Waals surface area contributed by atoms with Gasteiger partial charge < -0.3 is 20.5 Å². The zero-order valence-corrected chi connectivity index (χ0v) is 16.4. The number of aliphatic hydroxyl groups excluding tert-OH is 1. The summed E-state index contributed by atoms with van der Waals surface area (Å²) in [6, 6.07) is 0.0524. The lowest BCUT2D eigenvalue weighted by molar-refractivity contribution is -0.160. The molecule has 1 atom stereocenters. The Balaban J connectivity index is 1.62. The van der Waals surface area contributed by atoms with Crippen molar-refractivity contribution in [2.24, 2.45) is 5.41 Å². The van der Waals surface area contributed by atoms with Gasteiger partial charge in [-0.15, -0.1) is 0 Å². The quantitative estimate of drug-likeness (QED) is 0.617. The average molecular weight is 429 g/mol. The van der Waals surface area contributed by atoms with Crippen LogP contribution in [0.3, 0.4) is 0 Å². The third-order valence-electron chi connectivity index (χ3n) is 5.74. The Kier molecular flexibility index (Phi) is 5.43. The van der Waals surface area contributed by atoms with Gasteiger partial charge in [0.25, 0.3) is 0 Å². The number of hydrogen-bond acceptors (Lipinski definition) is 7. The van der Waals surface area contributed by atoms with Crippen LogP contribution in [0.4, 0.5) is 29.5 Å². The van der Waals surface area contributed by atoms with Crippen molar-refractivity contribution in [3.63, 3.8) is 0 Å². The predicted octanol–water partition coefficient (Wildman–Crippen LogP) is 3.57. The van der Waals surface area contributed by atoms with E-state index in [1.165, 1.54) is 6.92 Å². The number of rotatable bonds is 5. The summed E-state index contributed by atoms with van der Waals surface area (Å²) in [5.41, 5.74) is -0.766. The molecule has 11 heteroatoms. The van der Waals surface area contributed by atoms with Crippen LogP contribution in [-0.2, 0) is 4.74 Å². The van der Waals surface area contributed by atoms with Gasteiger partial charge in [-0.2, -0.15) is 28.1 Å². The predicted molar refractivity (Wildman–Crippen MR) is 101 cm³/mol. The van der Waals surface area contributed by atoms with Crippen LogP contribution in [0.15, 0.2) is 17.6 Å². The first-order valence-electron chi connectivity index (χ1n) is 9.87. The number of ether oxygens (including phenoxy) is 1. The molecule has 2 aliphatic carbocycles. The fourth-order valence-electron chi connectivity index (χ4n) is 4.09. The summed E-state index contributed by atoms with van der Waals surface area (Å²) in [7, 11) is 0. The van der Waals surface area contributed by atoms with Gasteiger partial charge in [-0.3, -0.25) is 0 Å². The van der Waals surface area contributed by atoms with E-state index in [9.17, 15) is 22.7 Å². The lowest BCUT2D eigenvalue weighted by atomic mass is 9.64. The minimum atomic E-state index is -4.62. The Labute approximate surface area is 170 Å². The zero-order valence-electron chi connectivity index (χ0n) is 16.4. The Bertz CT molecular complexity index is 874. The number of aliphatic hydroxyl groups is 1. The highest BCUT2D eigenvalue weighted by atomic mass is 19.4. The zero-order chi connectivity index (χ0) is 21.5. The molecule has 0 bridgehead atoms. The van der Waals surface area contributed by atoms with Crippen molar-refractivity contribution in [2.45, 2.75) is 57.3 Å². The molecule has 1 saturated heterocycles. The molecule has 3 aliphatic rings. The van der Waals surface area contributed by atoms with Gasteiger partial charge in [0.1, 0.15) is 17.6 Å². The molecule has 1 saturated carbocycles. The highest BCUT2D eigenvalue weighted by Crippen LogP contribution is 2.47. The molecule has 1 spiro atoms. The van der Waals surface area contributed by atoms with E-state index in [2.05, 4.69) is 25.6 Å². The highest BCUT2D eigenvalue weighted by molar-refractivity contribution is 5.65. The maximum absolute atomic E-state index is 14.5. The van der Waals surface area contributed by atoms with Gasteiger partial charge in [0.2, 0.25) is 11.9 Å². The summed E-state index contributed by atoms with van der Waals surface area (Å²) in [6.07, 6.45) is -2.24. The van der Waals surface area contributed by atoms with Gasteiger partial charge in [-0.1, -0.05) is 6.08 Å². The number of allylic oxidation sites excluding steroid dienone is 3. The molecule has 0 aromatic carbocycles. The van der Waals surface area contributed by atoms with Gasteiger partial charge in [-0.25, -0.2) is 4.39 Å². The van der Waals surface area contributed by atoms with Crippen molar-refractivity contribution in [1.29, 1.82) is 0 Å². The minimum absolute atomic E-state index is 0.0524. The molecule has 3 N–H and O–H groups in total. The Morgan fingerprint density at radius 3 is 2.50 bits per heavy atom. The molecular formula is C19H23F4N5O2. The summed E-state index contributed by atoms with van der Waals surface area (Å²) in [6.45, 7) is 2.64. The van der Waals surface area contributed by atoms with Crippen LogP contribution in [0, 0.1) is 5.41 Å². The highest BCUT2D eigenvalue weighted by Gasteiger charge is 2.50. The van der Waals surface area contributed by atoms with Crippen LogP contribution in [0.25, 0.3) is 5.57 Å². The van der Waals surface area contributed by atoms with Gasteiger partial charge >= 0.3 is 6.18 Å². The number of anilines is 2. The lowest BCUT2D eigenvalue weighted by Crippen LogP contribution is -2.56. The van der Waals surface area contributed by atoms with E-state index in [0.717, 1.165) is 18.9 Å². The molecule has 0 radical (unpaired) electrons. The molecule has 1 unspecified atom stereocenters. The lowest BCUT2D eigenvalue weighted by Gasteiger charge is -2.53. The Hall–Kier alpha value is -2.27. The smallest absolute Gasteiger partial charge is 0.386 e. The summed E-state index contributed by atoms with van der Waals surface area (Å²) < 4.78 is 59.2. The first-order chi connectivity index (χ1) is 14.2. The first kappa shape index (κ1) is 21.0. The Morgan fingerprint density at radius 2 is 1.90 bits per heavy atom. The number of nitrogens with one attached hydrogen (secondary N) is 2. The van der Waals surface area contributed by atoms with E-state index >= 15 is 0 Å². The van der Waals surface area contributed by atoms with Crippen LogP contribution in [0.5, 0.6) is 0 Å². The fourth-order valence-corrected chi connectivity index (χ4v) is 4.09. The van der Waals surface area contributed by atoms with Crippen molar-refractivity contribution >= 4 is 17.5 Å². The van der Waals surface area contributed by atoms with E-state index < -0.39 is 23.8 Å². The maximum Gasteiger partial charge on any atom is 0.431 e. The number of halogens is 4. The van der Waals surface area contributed by atoms with Crippen LogP contribution >= 0.6 is 0 Å². The normalized spacial score (nSPS) is 24.5. The van der Waals surface area contributed by atoms with Gasteiger partial charge in [0.05, 0.1) is 13.2 Å². The van der Waals surface area contributed by atoms with Crippen molar-refractivity contribution in [1.82, 2.24) is 15.0 Å². The SMILES string of the molecule is CC=C(Nc1nc(NC2CC3(COC3)C2)nc(C2=C(F)C(O)CCC2)n1)C(F)(F)F. The molecule has 1 aliphatic heterocycles. The molecule has 2 heterocycles. The van der Waals surface area contributed by atoms with Crippen molar-refractivity contribution in [2.75, 3.05) is 23.8 Å². The fraction of sp³-hybridized carbons (Fsp3) is 0.632. The van der Waals surface area contributed by atoms with E-state index in [-0.39, 0.29) is 47.6 Å². The Morgan fingerprint density at radius 1 is 1.20 bits per heavy atom. The number of alkyl halides is 3. The second-order valence-electron chi connectivity index (χ2n) is 8.11. The molecule has 4 rings (SSSR count). The first-order valence-corrected chi connectivity index (χ1v) is 9.87. The number of hydrogen-bond donors (Lipinski definition) is 3. The summed E-state index contributed by atoms with van der Waals surface area (Å²) in [5.74, 6) is -1.10. The van der Waals surface area contributed by atoms with Crippen LogP contribution in [0.2, 0.25) is 0 Å². The monoisotopic (exact) mass is 429 g/mol. The van der Waals surface area contributed by atoms with E-state index in [0.29, 0.717) is 19.6 Å². The average Bonchev–Trinajstić information content (AvgIpc) is 2.62. The maximum atomic E-state index is 14.5. The third kappa shape index (κ3) is 4.13. The summed E-state index contributed by atoms with van der Waals surface area (Å²) in [4.78, 5) is 12.3. The van der Waals surface area contributed by atoms with Gasteiger partial charge in [0, 0.05) is 17.0 Å². The van der Waals surface area contributed by atoms with Crippen molar-refractivity contribution < 1.29 is 27.4 Å². The van der Waals surface area contributed by atoms with E-state index in [1.807, 2.05) is 0 Å². The van der Waals surface area contributed by atoms with E-state index in [1.54, 1.807) is 0 Å². The largest absolute Gasteiger partial charge is 0.431 e.